The molecule has 0 atom stereocenters. The number of ether oxygens (including phenoxy) is 1. The number of nitrogens with one attached hydrogen (secondary N) is 3. The molecule has 134 valence electrons. The van der Waals surface area contributed by atoms with Crippen molar-refractivity contribution in [1.82, 2.24) is 16.0 Å². The Balaban J connectivity index is 2.29. The van der Waals surface area contributed by atoms with Crippen molar-refractivity contribution in [2.24, 2.45) is 0 Å². The summed E-state index contributed by atoms with van der Waals surface area (Å²) in [4.78, 5) is 22.7. The number of rotatable bonds is 8. The van der Waals surface area contributed by atoms with Crippen LogP contribution in [-0.4, -0.2) is 37.8 Å². The minimum Gasteiger partial charge on any atom is -0.494 e. The highest BCUT2D eigenvalue weighted by molar-refractivity contribution is 5.83. The molecule has 0 aliphatic carbocycles. The van der Waals surface area contributed by atoms with Crippen molar-refractivity contribution in [2.75, 3.05) is 19.7 Å². The normalized spacial score (nSPS) is 10.8. The van der Waals surface area contributed by atoms with Crippen LogP contribution in [-0.2, 0) is 11.3 Å². The molecule has 0 unspecified atom stereocenters. The van der Waals surface area contributed by atoms with Crippen LogP contribution in [0.5, 0.6) is 5.75 Å². The minimum absolute atomic E-state index is 0.194. The van der Waals surface area contributed by atoms with E-state index in [0.717, 1.165) is 12.0 Å². The molecule has 0 radical (unpaired) electrons. The van der Waals surface area contributed by atoms with Gasteiger partial charge in [-0.2, -0.15) is 13.2 Å². The molecule has 0 fully saturated rings. The van der Waals surface area contributed by atoms with E-state index in [2.05, 4.69) is 10.6 Å². The number of urea groups is 1. The summed E-state index contributed by atoms with van der Waals surface area (Å²) in [6.45, 7) is 0.797. The van der Waals surface area contributed by atoms with Gasteiger partial charge in [-0.3, -0.25) is 4.79 Å². The molecule has 1 aromatic carbocycles. The van der Waals surface area contributed by atoms with Crippen LogP contribution < -0.4 is 20.7 Å². The van der Waals surface area contributed by atoms with Gasteiger partial charge in [0.2, 0.25) is 5.91 Å². The highest BCUT2D eigenvalue weighted by Gasteiger charge is 2.27. The Bertz CT molecular complexity index is 550. The summed E-state index contributed by atoms with van der Waals surface area (Å²) in [5.41, 5.74) is 0.792. The monoisotopic (exact) mass is 347 g/mol. The topological polar surface area (TPSA) is 79.5 Å². The molecule has 9 heteroatoms. The highest BCUT2D eigenvalue weighted by Crippen LogP contribution is 2.13. The maximum Gasteiger partial charge on any atom is 0.405 e. The molecule has 6 nitrogen and oxygen atoms in total. The quantitative estimate of drug-likeness (QED) is 0.672. The Morgan fingerprint density at radius 2 is 1.92 bits per heavy atom. The Labute approximate surface area is 137 Å². The summed E-state index contributed by atoms with van der Waals surface area (Å²) in [5, 5.41) is 6.34. The Hall–Kier alpha value is -2.45. The molecule has 24 heavy (non-hydrogen) atoms. The van der Waals surface area contributed by atoms with Gasteiger partial charge in [0.05, 0.1) is 13.2 Å². The van der Waals surface area contributed by atoms with Gasteiger partial charge in [-0.1, -0.05) is 19.1 Å². The lowest BCUT2D eigenvalue weighted by atomic mass is 10.2. The second kappa shape index (κ2) is 9.64. The molecular weight excluding hydrogens is 327 g/mol. The van der Waals surface area contributed by atoms with Crippen LogP contribution in [0, 0.1) is 0 Å². The second-order valence-corrected chi connectivity index (χ2v) is 4.92. The molecule has 0 saturated carbocycles. The minimum atomic E-state index is -4.48. The number of alkyl halides is 3. The summed E-state index contributed by atoms with van der Waals surface area (Å²) < 4.78 is 41.2. The fraction of sp³-hybridized carbons (Fsp3) is 0.467. The van der Waals surface area contributed by atoms with Crippen molar-refractivity contribution in [3.05, 3.63) is 29.8 Å². The van der Waals surface area contributed by atoms with E-state index in [9.17, 15) is 22.8 Å². The average Bonchev–Trinajstić information content (AvgIpc) is 2.54. The number of carbonyl (C=O) groups excluding carboxylic acids is 2. The van der Waals surface area contributed by atoms with Gasteiger partial charge in [-0.15, -0.1) is 0 Å². The van der Waals surface area contributed by atoms with Crippen molar-refractivity contribution < 1.29 is 27.5 Å². The maximum atomic E-state index is 11.9. The first-order valence-electron chi connectivity index (χ1n) is 7.37. The summed E-state index contributed by atoms with van der Waals surface area (Å²) in [5.74, 6) is -0.236. The molecule has 1 aromatic rings. The first-order chi connectivity index (χ1) is 11.3. The Morgan fingerprint density at radius 1 is 1.17 bits per heavy atom. The molecule has 0 aromatic heterocycles. The smallest absolute Gasteiger partial charge is 0.405 e. The predicted molar refractivity (Wildman–Crippen MR) is 81.5 cm³/mol. The van der Waals surface area contributed by atoms with Crippen molar-refractivity contribution in [2.45, 2.75) is 26.1 Å². The van der Waals surface area contributed by atoms with E-state index in [0.29, 0.717) is 12.4 Å². The standard InChI is InChI=1S/C15H20F3N3O3/c1-2-6-24-12-5-3-4-11(7-12)8-19-14(23)20-9-13(22)21-10-15(16,17)18/h3-5,7H,2,6,8-10H2,1H3,(H,21,22)(H2,19,20,23). The molecule has 0 bridgehead atoms. The summed E-state index contributed by atoms with van der Waals surface area (Å²) in [6.07, 6.45) is -3.61. The van der Waals surface area contributed by atoms with E-state index in [-0.39, 0.29) is 6.54 Å². The molecule has 3 N–H and O–H groups in total. The van der Waals surface area contributed by atoms with Gasteiger partial charge in [0.1, 0.15) is 12.3 Å². The summed E-state index contributed by atoms with van der Waals surface area (Å²) in [7, 11) is 0. The van der Waals surface area contributed by atoms with Crippen LogP contribution in [0.2, 0.25) is 0 Å². The number of hydrogen-bond donors (Lipinski definition) is 3. The molecule has 0 aliphatic rings. The largest absolute Gasteiger partial charge is 0.494 e. The van der Waals surface area contributed by atoms with E-state index >= 15 is 0 Å². The molecule has 1 rings (SSSR count). The zero-order valence-electron chi connectivity index (χ0n) is 13.2. The Kier molecular flexibility index (Phi) is 7.87. The Morgan fingerprint density at radius 3 is 2.58 bits per heavy atom. The van der Waals surface area contributed by atoms with E-state index in [4.69, 9.17) is 4.74 Å². The van der Waals surface area contributed by atoms with Crippen LogP contribution in [0.3, 0.4) is 0 Å². The van der Waals surface area contributed by atoms with Crippen molar-refractivity contribution in [3.8, 4) is 5.75 Å². The van der Waals surface area contributed by atoms with Crippen molar-refractivity contribution >= 4 is 11.9 Å². The van der Waals surface area contributed by atoms with Gasteiger partial charge < -0.3 is 20.7 Å². The third-order valence-corrected chi connectivity index (χ3v) is 2.72. The predicted octanol–water partition coefficient (Wildman–Crippen LogP) is 1.95. The molecule has 0 aliphatic heterocycles. The lowest BCUT2D eigenvalue weighted by Crippen LogP contribution is -2.43. The first kappa shape index (κ1) is 19.6. The number of hydrogen-bond acceptors (Lipinski definition) is 3. The molecule has 0 heterocycles. The SMILES string of the molecule is CCCOc1cccc(CNC(=O)NCC(=O)NCC(F)(F)F)c1. The summed E-state index contributed by atoms with van der Waals surface area (Å²) >= 11 is 0. The molecular formula is C15H20F3N3O3. The third-order valence-electron chi connectivity index (χ3n) is 2.72. The van der Waals surface area contributed by atoms with Gasteiger partial charge in [0.15, 0.2) is 0 Å². The van der Waals surface area contributed by atoms with E-state index in [1.54, 1.807) is 29.6 Å². The number of halogens is 3. The maximum absolute atomic E-state index is 11.9. The number of benzene rings is 1. The van der Waals surface area contributed by atoms with Crippen molar-refractivity contribution in [3.63, 3.8) is 0 Å². The van der Waals surface area contributed by atoms with Gasteiger partial charge in [-0.25, -0.2) is 4.79 Å². The summed E-state index contributed by atoms with van der Waals surface area (Å²) in [6, 6.07) is 6.48. The third kappa shape index (κ3) is 8.86. The number of carbonyl (C=O) groups is 2. The lowest BCUT2D eigenvalue weighted by Gasteiger charge is -2.10. The lowest BCUT2D eigenvalue weighted by molar-refractivity contribution is -0.137. The van der Waals surface area contributed by atoms with Gasteiger partial charge >= 0.3 is 12.2 Å². The van der Waals surface area contributed by atoms with Gasteiger partial charge in [0.25, 0.3) is 0 Å². The van der Waals surface area contributed by atoms with E-state index < -0.39 is 31.2 Å². The van der Waals surface area contributed by atoms with Crippen LogP contribution in [0.15, 0.2) is 24.3 Å². The van der Waals surface area contributed by atoms with Crippen molar-refractivity contribution in [1.29, 1.82) is 0 Å². The fourth-order valence-corrected chi connectivity index (χ4v) is 1.63. The second-order valence-electron chi connectivity index (χ2n) is 4.92. The zero-order chi connectivity index (χ0) is 18.0. The van der Waals surface area contributed by atoms with Gasteiger partial charge in [-0.05, 0) is 24.1 Å². The number of amides is 3. The van der Waals surface area contributed by atoms with Crippen LogP contribution in [0.25, 0.3) is 0 Å². The molecule has 0 saturated heterocycles. The van der Waals surface area contributed by atoms with E-state index in [1.165, 1.54) is 0 Å². The van der Waals surface area contributed by atoms with Crippen LogP contribution in [0.1, 0.15) is 18.9 Å². The average molecular weight is 347 g/mol. The first-order valence-corrected chi connectivity index (χ1v) is 7.37. The molecule has 0 spiro atoms. The zero-order valence-corrected chi connectivity index (χ0v) is 13.2. The van der Waals surface area contributed by atoms with Crippen LogP contribution in [0.4, 0.5) is 18.0 Å². The van der Waals surface area contributed by atoms with Crippen LogP contribution >= 0.6 is 0 Å². The van der Waals surface area contributed by atoms with E-state index in [1.807, 2.05) is 6.92 Å². The molecule has 3 amide bonds. The fourth-order valence-electron chi connectivity index (χ4n) is 1.63. The highest BCUT2D eigenvalue weighted by atomic mass is 19.4. The van der Waals surface area contributed by atoms with Gasteiger partial charge in [0, 0.05) is 6.54 Å².